The van der Waals surface area contributed by atoms with E-state index in [0.29, 0.717) is 43.8 Å². The molecule has 12 nitrogen and oxygen atoms in total. The summed E-state index contributed by atoms with van der Waals surface area (Å²) in [6.07, 6.45) is 11.3. The predicted molar refractivity (Wildman–Crippen MR) is 210 cm³/mol. The van der Waals surface area contributed by atoms with Gasteiger partial charge in [-0.1, -0.05) is 37.6 Å². The zero-order valence-electron chi connectivity index (χ0n) is 32.3. The van der Waals surface area contributed by atoms with Crippen LogP contribution in [0.5, 0.6) is 0 Å². The third-order valence-electron chi connectivity index (χ3n) is 10.7. The van der Waals surface area contributed by atoms with Gasteiger partial charge in [-0.15, -0.1) is 0 Å². The van der Waals surface area contributed by atoms with Crippen molar-refractivity contribution in [2.45, 2.75) is 83.5 Å². The molecule has 0 fully saturated rings. The molecule has 0 saturated carbocycles. The largest absolute Gasteiger partial charge is 1.00 e. The number of carboxylic acid groups (broad SMARTS) is 2. The molecule has 16 heteroatoms. The Kier molecular flexibility index (Phi) is 14.5. The van der Waals surface area contributed by atoms with E-state index < -0.39 is 54.5 Å². The van der Waals surface area contributed by atoms with Crippen LogP contribution in [-0.2, 0) is 31.1 Å². The summed E-state index contributed by atoms with van der Waals surface area (Å²) >= 11 is 7.11. The molecule has 0 amide bonds. The standard InChI is InChI=1S/C40H47ClN2O10S2.Na/c1-39(2)30-24-28(37(44)45)12-16-32(30)42(20-5-7-22-54(48,49)50)34(39)18-14-26-10-9-11-27(36(26)41)15-19-35-40(3,4)31-25-29(38(46)47)13-17-33(31)43(35)21-6-8-23-55(51,52)53;/h12-19,24-25H,5-11,20-23H2,1-4H3,(H3-,44,45,46,47,48,49,50,51,52,53);/q;+1/p-1. The second kappa shape index (κ2) is 17.8. The van der Waals surface area contributed by atoms with Crippen LogP contribution < -0.4 is 34.5 Å². The van der Waals surface area contributed by atoms with Gasteiger partial charge < -0.3 is 24.2 Å². The summed E-state index contributed by atoms with van der Waals surface area (Å²) < 4.78 is 69.6. The van der Waals surface area contributed by atoms with Crippen molar-refractivity contribution in [3.8, 4) is 0 Å². The number of rotatable bonds is 15. The topological polar surface area (TPSA) is 195 Å². The van der Waals surface area contributed by atoms with Gasteiger partial charge >= 0.3 is 41.5 Å². The van der Waals surface area contributed by atoms with E-state index in [9.17, 15) is 45.7 Å². The number of aromatic carboxylic acids is 2. The molecule has 3 aliphatic rings. The van der Waals surface area contributed by atoms with Crippen LogP contribution in [0.3, 0.4) is 0 Å². The third-order valence-corrected chi connectivity index (χ3v) is 12.7. The van der Waals surface area contributed by atoms with Crippen LogP contribution in [-0.4, -0.2) is 83.0 Å². The Morgan fingerprint density at radius 3 is 2.02 bits per heavy atom. The third kappa shape index (κ3) is 10.3. The Bertz CT molecular complexity index is 2290. The second-order valence-electron chi connectivity index (χ2n) is 15.2. The van der Waals surface area contributed by atoms with Crippen LogP contribution in [0.15, 0.2) is 82.6 Å². The fourth-order valence-corrected chi connectivity index (χ4v) is 9.19. The molecule has 2 heterocycles. The molecule has 296 valence electrons. The second-order valence-corrected chi connectivity index (χ2v) is 18.6. The van der Waals surface area contributed by atoms with E-state index in [0.717, 1.165) is 51.5 Å². The van der Waals surface area contributed by atoms with Gasteiger partial charge in [0.2, 0.25) is 5.69 Å². The number of fused-ring (bicyclic) bond motifs is 2. The smallest absolute Gasteiger partial charge is 0.748 e. The maximum Gasteiger partial charge on any atom is 1.00 e. The van der Waals surface area contributed by atoms with Crippen molar-refractivity contribution in [1.29, 1.82) is 0 Å². The molecule has 2 aromatic rings. The fourth-order valence-electron chi connectivity index (χ4n) is 7.76. The minimum absolute atomic E-state index is 0. The normalized spacial score (nSPS) is 19.2. The maximum absolute atomic E-state index is 11.9. The molecule has 0 radical (unpaired) electrons. The zero-order valence-corrected chi connectivity index (χ0v) is 36.7. The summed E-state index contributed by atoms with van der Waals surface area (Å²) in [6.45, 7) is 8.83. The Morgan fingerprint density at radius 2 is 1.41 bits per heavy atom. The van der Waals surface area contributed by atoms with Gasteiger partial charge in [0.1, 0.15) is 6.54 Å². The number of carboxylic acids is 2. The van der Waals surface area contributed by atoms with Crippen LogP contribution >= 0.6 is 11.6 Å². The van der Waals surface area contributed by atoms with E-state index in [1.54, 1.807) is 36.4 Å². The first-order valence-electron chi connectivity index (χ1n) is 18.2. The van der Waals surface area contributed by atoms with Crippen molar-refractivity contribution in [1.82, 2.24) is 0 Å². The van der Waals surface area contributed by atoms with E-state index in [-0.39, 0.29) is 53.5 Å². The number of benzene rings is 2. The summed E-state index contributed by atoms with van der Waals surface area (Å²) in [6, 6.07) is 9.92. The van der Waals surface area contributed by atoms with Crippen LogP contribution in [0.25, 0.3) is 0 Å². The molecule has 2 aromatic carbocycles. The van der Waals surface area contributed by atoms with E-state index in [2.05, 4.69) is 0 Å². The Balaban J connectivity index is 0.00000696. The first kappa shape index (κ1) is 45.6. The molecule has 0 atom stereocenters. The first-order chi connectivity index (χ1) is 25.6. The SMILES string of the molecule is CC1(C)C(/C=C/C2=C(Cl)C(=C/C=C3\N(CCCCS(=O)(=O)[O-])c4ccc(C(=O)O)cc4C3(C)C)CCC2)=[N+](CCCCS(=O)(=O)[O-])c2ccc(C(=O)O)cc21.[Na+]. The van der Waals surface area contributed by atoms with Crippen LogP contribution in [0.4, 0.5) is 11.4 Å². The van der Waals surface area contributed by atoms with Crippen LogP contribution in [0.2, 0.25) is 0 Å². The van der Waals surface area contributed by atoms with Gasteiger partial charge in [-0.25, -0.2) is 26.4 Å². The zero-order chi connectivity index (χ0) is 40.5. The van der Waals surface area contributed by atoms with Crippen molar-refractivity contribution in [2.24, 2.45) is 0 Å². The van der Waals surface area contributed by atoms with Gasteiger partial charge in [0.25, 0.3) is 0 Å². The van der Waals surface area contributed by atoms with E-state index in [4.69, 9.17) is 11.6 Å². The summed E-state index contributed by atoms with van der Waals surface area (Å²) in [7, 11) is -8.71. The number of nitrogens with zero attached hydrogens (tertiary/aromatic N) is 2. The number of anilines is 1. The molecule has 0 unspecified atom stereocenters. The Hall–Kier alpha value is -3.08. The molecule has 0 bridgehead atoms. The van der Waals surface area contributed by atoms with Crippen LogP contribution in [0, 0.1) is 0 Å². The molecule has 0 saturated heterocycles. The molecule has 1 aliphatic carbocycles. The predicted octanol–water partition coefficient (Wildman–Crippen LogP) is 3.96. The maximum atomic E-state index is 11.9. The number of halogens is 1. The number of carbonyl (C=O) groups is 2. The first-order valence-corrected chi connectivity index (χ1v) is 21.7. The summed E-state index contributed by atoms with van der Waals surface area (Å²) in [5.74, 6) is -3.03. The van der Waals surface area contributed by atoms with E-state index in [1.807, 2.05) is 61.5 Å². The number of hydrogen-bond donors (Lipinski definition) is 2. The van der Waals surface area contributed by atoms with Gasteiger partial charge in [-0.2, -0.15) is 4.58 Å². The molecular weight excluding hydrogens is 791 g/mol. The monoisotopic (exact) mass is 836 g/mol. The van der Waals surface area contributed by atoms with Crippen molar-refractivity contribution in [3.63, 3.8) is 0 Å². The van der Waals surface area contributed by atoms with Crippen molar-refractivity contribution >= 4 is 60.9 Å². The van der Waals surface area contributed by atoms with Gasteiger partial charge in [0.15, 0.2) is 5.71 Å². The quantitative estimate of drug-likeness (QED) is 0.114. The molecule has 56 heavy (non-hydrogen) atoms. The van der Waals surface area contributed by atoms with Crippen molar-refractivity contribution in [2.75, 3.05) is 29.5 Å². The molecule has 0 spiro atoms. The molecule has 0 aromatic heterocycles. The number of unbranched alkanes of at least 4 members (excludes halogenated alkanes) is 2. The average Bonchev–Trinajstić information content (AvgIpc) is 3.43. The van der Waals surface area contributed by atoms with Crippen molar-refractivity contribution in [3.05, 3.63) is 105 Å². The number of hydrogen-bond acceptors (Lipinski definition) is 9. The van der Waals surface area contributed by atoms with Gasteiger partial charge in [0.05, 0.1) is 36.8 Å². The van der Waals surface area contributed by atoms with Gasteiger partial charge in [-0.05, 0) is 105 Å². The van der Waals surface area contributed by atoms with Crippen molar-refractivity contribution < 1.29 is 79.9 Å². The summed E-state index contributed by atoms with van der Waals surface area (Å²) in [5, 5.41) is 20.0. The van der Waals surface area contributed by atoms with Crippen LogP contribution in [0.1, 0.15) is 104 Å². The Labute approximate surface area is 356 Å². The molecular formula is C40H46ClN2NaO10S2. The Morgan fingerprint density at radius 1 is 0.821 bits per heavy atom. The summed E-state index contributed by atoms with van der Waals surface area (Å²) in [4.78, 5) is 25.7. The average molecular weight is 837 g/mol. The van der Waals surface area contributed by atoms with E-state index >= 15 is 0 Å². The summed E-state index contributed by atoms with van der Waals surface area (Å²) in [5.41, 5.74) is 5.87. The molecule has 5 rings (SSSR count). The molecule has 2 N–H and O–H groups in total. The van der Waals surface area contributed by atoms with E-state index in [1.165, 1.54) is 0 Å². The number of allylic oxidation sites excluding steroid dienone is 8. The minimum Gasteiger partial charge on any atom is -0.748 e. The van der Waals surface area contributed by atoms with Gasteiger partial charge in [0, 0.05) is 64.0 Å². The fraction of sp³-hybridized carbons (Fsp3) is 0.425. The molecule has 2 aliphatic heterocycles. The minimum atomic E-state index is -4.36. The van der Waals surface area contributed by atoms with Gasteiger partial charge in [-0.3, -0.25) is 0 Å².